The second-order valence-electron chi connectivity index (χ2n) is 4.89. The van der Waals surface area contributed by atoms with Gasteiger partial charge in [0.1, 0.15) is 11.8 Å². The van der Waals surface area contributed by atoms with E-state index in [4.69, 9.17) is 0 Å². The molecule has 0 saturated heterocycles. The SMILES string of the molecule is CN(CC(=O)NCCc1ccsc1)c1ncnc2nc[nH]c12. The molecule has 0 saturated carbocycles. The molecule has 2 N–H and O–H groups in total. The summed E-state index contributed by atoms with van der Waals surface area (Å²) in [5.74, 6) is 0.625. The van der Waals surface area contributed by atoms with Crippen molar-refractivity contribution in [3.63, 3.8) is 0 Å². The molecule has 1 amide bonds. The fourth-order valence-electron chi connectivity index (χ4n) is 2.17. The van der Waals surface area contributed by atoms with Gasteiger partial charge < -0.3 is 15.2 Å². The largest absolute Gasteiger partial charge is 0.354 e. The van der Waals surface area contributed by atoms with Gasteiger partial charge in [0.25, 0.3) is 0 Å². The first-order valence-corrected chi connectivity index (χ1v) is 7.81. The first-order valence-electron chi connectivity index (χ1n) is 6.87. The number of carbonyl (C=O) groups is 1. The van der Waals surface area contributed by atoms with Crippen LogP contribution in [-0.2, 0) is 11.2 Å². The third kappa shape index (κ3) is 3.22. The topological polar surface area (TPSA) is 86.8 Å². The summed E-state index contributed by atoms with van der Waals surface area (Å²) < 4.78 is 0. The lowest BCUT2D eigenvalue weighted by Gasteiger charge is -2.17. The number of amides is 1. The highest BCUT2D eigenvalue weighted by molar-refractivity contribution is 7.07. The minimum atomic E-state index is -0.0380. The molecule has 0 spiro atoms. The van der Waals surface area contributed by atoms with Gasteiger partial charge in [-0.3, -0.25) is 4.79 Å². The molecule has 3 aromatic rings. The standard InChI is InChI=1S/C14H16N6OS/c1-20(14-12-13(17-8-16-12)18-9-19-14)6-11(21)15-4-2-10-3-5-22-7-10/h3,5,7-9H,2,4,6H2,1H3,(H,15,21)(H,16,17,18,19). The van der Waals surface area contributed by atoms with E-state index in [-0.39, 0.29) is 12.5 Å². The van der Waals surface area contributed by atoms with E-state index >= 15 is 0 Å². The van der Waals surface area contributed by atoms with E-state index in [2.05, 4.69) is 36.7 Å². The van der Waals surface area contributed by atoms with E-state index in [0.29, 0.717) is 18.0 Å². The normalized spacial score (nSPS) is 10.8. The van der Waals surface area contributed by atoms with Gasteiger partial charge in [0, 0.05) is 13.6 Å². The van der Waals surface area contributed by atoms with Crippen LogP contribution in [0.2, 0.25) is 0 Å². The molecule has 0 aliphatic heterocycles. The lowest BCUT2D eigenvalue weighted by atomic mass is 10.2. The van der Waals surface area contributed by atoms with Gasteiger partial charge in [-0.15, -0.1) is 0 Å². The van der Waals surface area contributed by atoms with Crippen molar-refractivity contribution in [2.75, 3.05) is 25.0 Å². The number of likely N-dealkylation sites (N-methyl/N-ethyl adjacent to an activating group) is 1. The number of thiophene rings is 1. The first-order chi connectivity index (χ1) is 10.7. The summed E-state index contributed by atoms with van der Waals surface area (Å²) in [4.78, 5) is 29.2. The van der Waals surface area contributed by atoms with Crippen molar-refractivity contribution in [2.24, 2.45) is 0 Å². The van der Waals surface area contributed by atoms with Crippen molar-refractivity contribution in [3.05, 3.63) is 35.0 Å². The van der Waals surface area contributed by atoms with Crippen LogP contribution in [-0.4, -0.2) is 46.0 Å². The predicted octanol–water partition coefficient (Wildman–Crippen LogP) is 1.21. The Balaban J connectivity index is 1.55. The van der Waals surface area contributed by atoms with Gasteiger partial charge in [-0.05, 0) is 28.8 Å². The fourth-order valence-corrected chi connectivity index (χ4v) is 2.87. The van der Waals surface area contributed by atoms with Crippen molar-refractivity contribution < 1.29 is 4.79 Å². The number of hydrogen-bond acceptors (Lipinski definition) is 6. The summed E-state index contributed by atoms with van der Waals surface area (Å²) >= 11 is 1.66. The average Bonchev–Trinajstić information content (AvgIpc) is 3.17. The highest BCUT2D eigenvalue weighted by Gasteiger charge is 2.13. The minimum Gasteiger partial charge on any atom is -0.354 e. The summed E-state index contributed by atoms with van der Waals surface area (Å²) in [6, 6.07) is 2.07. The lowest BCUT2D eigenvalue weighted by Crippen LogP contribution is -2.36. The van der Waals surface area contributed by atoms with Crippen LogP contribution in [0.5, 0.6) is 0 Å². The molecular formula is C14H16N6OS. The van der Waals surface area contributed by atoms with Gasteiger partial charge in [-0.25, -0.2) is 15.0 Å². The molecule has 0 aliphatic carbocycles. The molecule has 8 heteroatoms. The monoisotopic (exact) mass is 316 g/mol. The summed E-state index contributed by atoms with van der Waals surface area (Å²) in [6.07, 6.45) is 3.86. The minimum absolute atomic E-state index is 0.0380. The molecule has 0 fully saturated rings. The Hall–Kier alpha value is -2.48. The maximum Gasteiger partial charge on any atom is 0.239 e. The Bertz CT molecular complexity index is 754. The molecule has 0 unspecified atom stereocenters. The maximum atomic E-state index is 12.0. The Morgan fingerprint density at radius 1 is 1.41 bits per heavy atom. The summed E-state index contributed by atoms with van der Waals surface area (Å²) in [6.45, 7) is 0.863. The van der Waals surface area contributed by atoms with Crippen LogP contribution in [0.25, 0.3) is 11.2 Å². The molecule has 3 rings (SSSR count). The van der Waals surface area contributed by atoms with E-state index in [1.165, 1.54) is 11.9 Å². The fraction of sp³-hybridized carbons (Fsp3) is 0.286. The average molecular weight is 316 g/mol. The third-order valence-electron chi connectivity index (χ3n) is 3.26. The zero-order valence-corrected chi connectivity index (χ0v) is 12.9. The molecule has 0 aliphatic rings. The van der Waals surface area contributed by atoms with Crippen LogP contribution in [0.3, 0.4) is 0 Å². The van der Waals surface area contributed by atoms with Crippen molar-refractivity contribution >= 4 is 34.2 Å². The second kappa shape index (κ2) is 6.52. The molecule has 3 heterocycles. The number of aromatic nitrogens is 4. The van der Waals surface area contributed by atoms with E-state index in [0.717, 1.165) is 11.9 Å². The Morgan fingerprint density at radius 2 is 2.32 bits per heavy atom. The van der Waals surface area contributed by atoms with Crippen LogP contribution in [0.1, 0.15) is 5.56 Å². The Morgan fingerprint density at radius 3 is 3.14 bits per heavy atom. The van der Waals surface area contributed by atoms with Crippen molar-refractivity contribution in [3.8, 4) is 0 Å². The predicted molar refractivity (Wildman–Crippen MR) is 86.0 cm³/mol. The van der Waals surface area contributed by atoms with Crippen molar-refractivity contribution in [2.45, 2.75) is 6.42 Å². The summed E-state index contributed by atoms with van der Waals surface area (Å²) in [5.41, 5.74) is 2.57. The van der Waals surface area contributed by atoms with Crippen LogP contribution >= 0.6 is 11.3 Å². The van der Waals surface area contributed by atoms with Gasteiger partial charge in [0.05, 0.1) is 12.9 Å². The number of aromatic amines is 1. The van der Waals surface area contributed by atoms with Crippen LogP contribution in [0.4, 0.5) is 5.82 Å². The molecule has 0 atom stereocenters. The number of nitrogens with zero attached hydrogens (tertiary/aromatic N) is 4. The van der Waals surface area contributed by atoms with E-state index in [1.54, 1.807) is 22.6 Å². The van der Waals surface area contributed by atoms with E-state index in [1.807, 2.05) is 12.4 Å². The maximum absolute atomic E-state index is 12.0. The van der Waals surface area contributed by atoms with Gasteiger partial charge in [-0.1, -0.05) is 0 Å². The highest BCUT2D eigenvalue weighted by Crippen LogP contribution is 2.17. The van der Waals surface area contributed by atoms with Crippen molar-refractivity contribution in [1.82, 2.24) is 25.3 Å². The second-order valence-corrected chi connectivity index (χ2v) is 5.67. The number of nitrogens with one attached hydrogen (secondary N) is 2. The van der Waals surface area contributed by atoms with Crippen LogP contribution in [0, 0.1) is 0 Å². The molecule has 0 aromatic carbocycles. The number of imidazole rings is 1. The van der Waals surface area contributed by atoms with Gasteiger partial charge >= 0.3 is 0 Å². The highest BCUT2D eigenvalue weighted by atomic mass is 32.1. The molecule has 114 valence electrons. The quantitative estimate of drug-likeness (QED) is 0.714. The Kier molecular flexibility index (Phi) is 4.29. The molecular weight excluding hydrogens is 300 g/mol. The zero-order chi connectivity index (χ0) is 15.4. The molecule has 3 aromatic heterocycles. The first kappa shape index (κ1) is 14.5. The summed E-state index contributed by atoms with van der Waals surface area (Å²) in [7, 11) is 1.82. The molecule has 7 nitrogen and oxygen atoms in total. The number of fused-ring (bicyclic) bond motifs is 1. The van der Waals surface area contributed by atoms with E-state index < -0.39 is 0 Å². The Labute approximate surface area is 131 Å². The summed E-state index contributed by atoms with van der Waals surface area (Å²) in [5, 5.41) is 7.05. The molecule has 0 radical (unpaired) electrons. The van der Waals surface area contributed by atoms with Gasteiger partial charge in [0.15, 0.2) is 11.5 Å². The van der Waals surface area contributed by atoms with Gasteiger partial charge in [-0.2, -0.15) is 11.3 Å². The van der Waals surface area contributed by atoms with E-state index in [9.17, 15) is 4.79 Å². The molecule has 22 heavy (non-hydrogen) atoms. The lowest BCUT2D eigenvalue weighted by molar-refractivity contribution is -0.119. The zero-order valence-electron chi connectivity index (χ0n) is 12.1. The third-order valence-corrected chi connectivity index (χ3v) is 3.99. The van der Waals surface area contributed by atoms with Crippen LogP contribution < -0.4 is 10.2 Å². The molecule has 0 bridgehead atoms. The smallest absolute Gasteiger partial charge is 0.239 e. The number of carbonyl (C=O) groups excluding carboxylic acids is 1. The number of rotatable bonds is 6. The van der Waals surface area contributed by atoms with Gasteiger partial charge in [0.2, 0.25) is 5.91 Å². The van der Waals surface area contributed by atoms with Crippen LogP contribution in [0.15, 0.2) is 29.5 Å². The number of H-pyrrole nitrogens is 1. The van der Waals surface area contributed by atoms with Crippen molar-refractivity contribution in [1.29, 1.82) is 0 Å². The number of hydrogen-bond donors (Lipinski definition) is 2. The number of anilines is 1.